The van der Waals surface area contributed by atoms with Crippen LogP contribution in [0.4, 0.5) is 14.9 Å². The zero-order chi connectivity index (χ0) is 22.2. The van der Waals surface area contributed by atoms with Crippen molar-refractivity contribution >= 4 is 19.6 Å². The maximum atomic E-state index is 14.8. The van der Waals surface area contributed by atoms with Gasteiger partial charge in [0.15, 0.2) is 0 Å². The number of rotatable bonds is 6. The molecule has 0 bridgehead atoms. The van der Waals surface area contributed by atoms with Gasteiger partial charge in [0, 0.05) is 24.2 Å². The van der Waals surface area contributed by atoms with Crippen molar-refractivity contribution in [1.82, 2.24) is 15.2 Å². The molecule has 1 saturated heterocycles. The first-order valence-electron chi connectivity index (χ1n) is 8.91. The number of amides is 1. The van der Waals surface area contributed by atoms with Gasteiger partial charge in [0.2, 0.25) is 5.89 Å². The second-order valence-corrected chi connectivity index (χ2v) is 7.73. The van der Waals surface area contributed by atoms with Gasteiger partial charge in [-0.25, -0.2) is 9.18 Å². The number of pyridine rings is 1. The van der Waals surface area contributed by atoms with E-state index < -0.39 is 32.4 Å². The fourth-order valence-corrected chi connectivity index (χ4v) is 3.33. The molecule has 1 fully saturated rings. The van der Waals surface area contributed by atoms with Crippen molar-refractivity contribution in [3.05, 3.63) is 48.2 Å². The van der Waals surface area contributed by atoms with Gasteiger partial charge in [0.05, 0.1) is 26.7 Å². The normalized spacial score (nSPS) is 16.6. The van der Waals surface area contributed by atoms with Crippen LogP contribution < -0.4 is 14.7 Å². The molecule has 11 nitrogen and oxygen atoms in total. The molecule has 0 saturated carbocycles. The summed E-state index contributed by atoms with van der Waals surface area (Å²) in [5.41, 5.74) is 1.37. The first kappa shape index (κ1) is 21.1. The van der Waals surface area contributed by atoms with Crippen molar-refractivity contribution in [3.8, 4) is 22.7 Å². The number of phosphoric ester groups is 1. The topological polar surface area (TPSA) is 154 Å². The molecule has 0 N–H and O–H groups in total. The molecule has 0 aliphatic carbocycles. The number of carbonyl (C=O) groups excluding carboxylic acids is 1. The third kappa shape index (κ3) is 4.78. The summed E-state index contributed by atoms with van der Waals surface area (Å²) in [6.45, 7) is 0.946. The van der Waals surface area contributed by atoms with E-state index in [0.717, 1.165) is 11.0 Å². The van der Waals surface area contributed by atoms with E-state index in [9.17, 15) is 23.5 Å². The van der Waals surface area contributed by atoms with Gasteiger partial charge in [-0.2, -0.15) is 0 Å². The molecule has 162 valence electrons. The average molecular weight is 448 g/mol. The molecule has 3 heterocycles. The van der Waals surface area contributed by atoms with Crippen molar-refractivity contribution < 1.29 is 37.2 Å². The van der Waals surface area contributed by atoms with Crippen LogP contribution in [-0.2, 0) is 13.8 Å². The van der Waals surface area contributed by atoms with E-state index >= 15 is 0 Å². The molecule has 3 aromatic rings. The number of benzene rings is 1. The number of phosphoric acid groups is 1. The first-order chi connectivity index (χ1) is 14.7. The number of cyclic esters (lactones) is 1. The molecule has 31 heavy (non-hydrogen) atoms. The number of nitrogens with zero attached hydrogens (tertiary/aromatic N) is 4. The Morgan fingerprint density at radius 3 is 2.71 bits per heavy atom. The smallest absolute Gasteiger partial charge is 0.414 e. The highest BCUT2D eigenvalue weighted by molar-refractivity contribution is 7.43. The number of anilines is 1. The number of ether oxygens (including phenoxy) is 1. The average Bonchev–Trinajstić information content (AvgIpc) is 3.31. The van der Waals surface area contributed by atoms with Gasteiger partial charge in [-0.1, -0.05) is 6.07 Å². The Labute approximate surface area is 174 Å². The third-order valence-corrected chi connectivity index (χ3v) is 4.84. The van der Waals surface area contributed by atoms with Crippen molar-refractivity contribution in [2.75, 3.05) is 18.1 Å². The van der Waals surface area contributed by atoms with Crippen LogP contribution in [0.25, 0.3) is 22.7 Å². The van der Waals surface area contributed by atoms with Crippen LogP contribution in [0.3, 0.4) is 0 Å². The van der Waals surface area contributed by atoms with Gasteiger partial charge in [0.1, 0.15) is 17.6 Å². The lowest BCUT2D eigenvalue weighted by Gasteiger charge is -2.29. The Balaban J connectivity index is 1.49. The number of aryl methyl sites for hydroxylation is 1. The summed E-state index contributed by atoms with van der Waals surface area (Å²) in [4.78, 5) is 38.5. The largest absolute Gasteiger partial charge is 0.790 e. The summed E-state index contributed by atoms with van der Waals surface area (Å²) in [6.07, 6.45) is -0.334. The summed E-state index contributed by atoms with van der Waals surface area (Å²) in [7, 11) is -5.19. The maximum absolute atomic E-state index is 14.8. The number of carbonyl (C=O) groups is 1. The van der Waals surface area contributed by atoms with Gasteiger partial charge < -0.3 is 28.0 Å². The molecule has 4 rings (SSSR count). The number of hydrogen-bond acceptors (Lipinski definition) is 10. The summed E-state index contributed by atoms with van der Waals surface area (Å²) in [5, 5.41) is 7.60. The van der Waals surface area contributed by atoms with E-state index in [2.05, 4.69) is 19.7 Å². The molecule has 1 aliphatic rings. The van der Waals surface area contributed by atoms with E-state index in [1.165, 1.54) is 18.3 Å². The zero-order valence-electron chi connectivity index (χ0n) is 15.9. The van der Waals surface area contributed by atoms with Gasteiger partial charge in [0.25, 0.3) is 5.89 Å². The lowest BCUT2D eigenvalue weighted by atomic mass is 10.1. The standard InChI is InChI=1S/C18H16FN4O7P/c1-10-21-22-17(29-10)16-5-2-11(7-20-16)14-4-3-12(6-15(14)19)23-8-13(30-18(23)24)9-28-31(25,26)27/h2-7,13H,8-9H2,1H3,(H2,25,26,27)/p-2/t13-/m1/s1. The van der Waals surface area contributed by atoms with E-state index in [4.69, 9.17) is 9.15 Å². The Morgan fingerprint density at radius 1 is 1.29 bits per heavy atom. The Bertz CT molecular complexity index is 1160. The highest BCUT2D eigenvalue weighted by atomic mass is 31.2. The molecular formula is C18H14FN4O7P-2. The van der Waals surface area contributed by atoms with Gasteiger partial charge in [-0.3, -0.25) is 9.88 Å². The summed E-state index contributed by atoms with van der Waals surface area (Å²) >= 11 is 0. The highest BCUT2D eigenvalue weighted by Gasteiger charge is 2.33. The van der Waals surface area contributed by atoms with Crippen LogP contribution in [0.2, 0.25) is 0 Å². The summed E-state index contributed by atoms with van der Waals surface area (Å²) < 4.78 is 39.7. The summed E-state index contributed by atoms with van der Waals surface area (Å²) in [5.74, 6) is 0.0277. The van der Waals surface area contributed by atoms with Crippen LogP contribution in [-0.4, -0.2) is 40.5 Å². The number of aromatic nitrogens is 3. The Kier molecular flexibility index (Phi) is 5.54. The van der Waals surface area contributed by atoms with Gasteiger partial charge in [-0.15, -0.1) is 10.2 Å². The lowest BCUT2D eigenvalue weighted by molar-refractivity contribution is -0.342. The van der Waals surface area contributed by atoms with Crippen LogP contribution in [0.15, 0.2) is 40.9 Å². The molecule has 1 aliphatic heterocycles. The molecule has 0 radical (unpaired) electrons. The number of halogens is 1. The van der Waals surface area contributed by atoms with E-state index in [0.29, 0.717) is 17.1 Å². The van der Waals surface area contributed by atoms with Crippen LogP contribution in [0.1, 0.15) is 5.89 Å². The van der Waals surface area contributed by atoms with Crippen molar-refractivity contribution in [2.24, 2.45) is 0 Å². The molecule has 1 amide bonds. The van der Waals surface area contributed by atoms with Crippen LogP contribution >= 0.6 is 7.82 Å². The predicted octanol–water partition coefficient (Wildman–Crippen LogP) is 1.42. The molecule has 2 aromatic heterocycles. The first-order valence-corrected chi connectivity index (χ1v) is 10.4. The second-order valence-electron chi connectivity index (χ2n) is 6.58. The van der Waals surface area contributed by atoms with Crippen molar-refractivity contribution in [2.45, 2.75) is 13.0 Å². The van der Waals surface area contributed by atoms with E-state index in [1.807, 2.05) is 0 Å². The predicted molar refractivity (Wildman–Crippen MR) is 98.8 cm³/mol. The molecule has 13 heteroatoms. The zero-order valence-corrected chi connectivity index (χ0v) is 16.8. The third-order valence-electron chi connectivity index (χ3n) is 4.38. The van der Waals surface area contributed by atoms with E-state index in [1.54, 1.807) is 19.1 Å². The van der Waals surface area contributed by atoms with Crippen LogP contribution in [0, 0.1) is 12.7 Å². The minimum absolute atomic E-state index is 0.0997. The number of hydrogen-bond donors (Lipinski definition) is 0. The summed E-state index contributed by atoms with van der Waals surface area (Å²) in [6, 6.07) is 7.37. The molecule has 0 unspecified atom stereocenters. The van der Waals surface area contributed by atoms with Crippen molar-refractivity contribution in [1.29, 1.82) is 0 Å². The van der Waals surface area contributed by atoms with Gasteiger partial charge in [-0.05, 0) is 24.3 Å². The lowest BCUT2D eigenvalue weighted by Crippen LogP contribution is -2.27. The molecule has 0 spiro atoms. The van der Waals surface area contributed by atoms with Crippen molar-refractivity contribution in [3.63, 3.8) is 0 Å². The molecule has 1 aromatic carbocycles. The van der Waals surface area contributed by atoms with Gasteiger partial charge >= 0.3 is 6.09 Å². The quantitative estimate of drug-likeness (QED) is 0.506. The Morgan fingerprint density at radius 2 is 2.10 bits per heavy atom. The monoisotopic (exact) mass is 448 g/mol. The molecule has 1 atom stereocenters. The maximum Gasteiger partial charge on any atom is 0.414 e. The van der Waals surface area contributed by atoms with Crippen LogP contribution in [0.5, 0.6) is 0 Å². The fourth-order valence-electron chi connectivity index (χ4n) is 2.98. The minimum Gasteiger partial charge on any atom is -0.790 e. The minimum atomic E-state index is -5.19. The molecular weight excluding hydrogens is 434 g/mol. The fraction of sp³-hybridized carbons (Fsp3) is 0.222. The highest BCUT2D eigenvalue weighted by Crippen LogP contribution is 2.31. The Hall–Kier alpha value is -3.18. The van der Waals surface area contributed by atoms with E-state index in [-0.39, 0.29) is 23.7 Å². The second kappa shape index (κ2) is 8.16. The SMILES string of the molecule is Cc1nnc(-c2ccc(-c3ccc(N4C[C@H](COP(=O)([O-])[O-])OC4=O)cc3F)cn2)o1.